The largest absolute Gasteiger partial charge is 0.504 e. The van der Waals surface area contributed by atoms with Crippen LogP contribution >= 0.6 is 0 Å². The minimum Gasteiger partial charge on any atom is -0.504 e. The van der Waals surface area contributed by atoms with E-state index in [1.807, 2.05) is 19.1 Å². The second-order valence-corrected chi connectivity index (χ2v) is 4.72. The average Bonchev–Trinajstić information content (AvgIpc) is 2.35. The van der Waals surface area contributed by atoms with Gasteiger partial charge in [0.25, 0.3) is 0 Å². The van der Waals surface area contributed by atoms with Crippen molar-refractivity contribution in [1.82, 2.24) is 4.90 Å². The lowest BCUT2D eigenvalue weighted by atomic mass is 10.1. The third-order valence-electron chi connectivity index (χ3n) is 3.23. The van der Waals surface area contributed by atoms with Gasteiger partial charge >= 0.3 is 0 Å². The molecule has 1 heterocycles. The zero-order valence-electron chi connectivity index (χ0n) is 10.5. The molecule has 2 rings (SSSR count). The first-order chi connectivity index (χ1) is 8.25. The van der Waals surface area contributed by atoms with E-state index in [4.69, 9.17) is 4.74 Å². The molecule has 1 fully saturated rings. The Kier molecular flexibility index (Phi) is 4.26. The molecule has 0 spiro atoms. The highest BCUT2D eigenvalue weighted by Crippen LogP contribution is 2.26. The summed E-state index contributed by atoms with van der Waals surface area (Å²) >= 11 is 0. The number of nitrogens with zero attached hydrogens (tertiary/aromatic N) is 1. The number of rotatable bonds is 4. The van der Waals surface area contributed by atoms with Gasteiger partial charge in [0.05, 0.1) is 0 Å². The van der Waals surface area contributed by atoms with Gasteiger partial charge in [-0.2, -0.15) is 0 Å². The zero-order chi connectivity index (χ0) is 12.1. The fraction of sp³-hybridized carbons (Fsp3) is 0.571. The molecular weight excluding hydrogens is 214 g/mol. The molecule has 0 amide bonds. The number of hydrogen-bond donors (Lipinski definition) is 1. The van der Waals surface area contributed by atoms with E-state index in [1.165, 1.54) is 32.4 Å². The number of hydrogen-bond acceptors (Lipinski definition) is 3. The number of aromatic hydroxyl groups is 1. The Morgan fingerprint density at radius 2 is 2.00 bits per heavy atom. The standard InChI is InChI=1S/C14H21NO2/c1-12-5-6-13(16)14(11-12)17-10-9-15-7-3-2-4-8-15/h5-6,11,16H,2-4,7-10H2,1H3. The van der Waals surface area contributed by atoms with Crippen molar-refractivity contribution in [3.8, 4) is 11.5 Å². The summed E-state index contributed by atoms with van der Waals surface area (Å²) in [4.78, 5) is 2.43. The van der Waals surface area contributed by atoms with Crippen LogP contribution in [0.1, 0.15) is 24.8 Å². The van der Waals surface area contributed by atoms with Crippen LogP contribution in [0.2, 0.25) is 0 Å². The van der Waals surface area contributed by atoms with Crippen molar-refractivity contribution in [3.05, 3.63) is 23.8 Å². The maximum Gasteiger partial charge on any atom is 0.161 e. The predicted molar refractivity (Wildman–Crippen MR) is 68.6 cm³/mol. The molecule has 1 aromatic rings. The highest BCUT2D eigenvalue weighted by molar-refractivity contribution is 5.41. The number of phenolic OH excluding ortho intramolecular Hbond substituents is 1. The summed E-state index contributed by atoms with van der Waals surface area (Å²) in [5.74, 6) is 0.830. The minimum absolute atomic E-state index is 0.231. The summed E-state index contributed by atoms with van der Waals surface area (Å²) < 4.78 is 5.63. The van der Waals surface area contributed by atoms with E-state index >= 15 is 0 Å². The van der Waals surface area contributed by atoms with Gasteiger partial charge in [0.2, 0.25) is 0 Å². The smallest absolute Gasteiger partial charge is 0.161 e. The van der Waals surface area contributed by atoms with Crippen LogP contribution in [-0.4, -0.2) is 36.2 Å². The molecule has 3 heteroatoms. The Morgan fingerprint density at radius 3 is 2.76 bits per heavy atom. The van der Waals surface area contributed by atoms with Crippen LogP contribution in [0.4, 0.5) is 0 Å². The van der Waals surface area contributed by atoms with Crippen molar-refractivity contribution in [3.63, 3.8) is 0 Å². The van der Waals surface area contributed by atoms with Gasteiger partial charge in [0.15, 0.2) is 11.5 Å². The van der Waals surface area contributed by atoms with Gasteiger partial charge in [-0.15, -0.1) is 0 Å². The quantitative estimate of drug-likeness (QED) is 0.870. The van der Waals surface area contributed by atoms with Crippen LogP contribution in [0, 0.1) is 6.92 Å². The lowest BCUT2D eigenvalue weighted by Crippen LogP contribution is -2.33. The van der Waals surface area contributed by atoms with Gasteiger partial charge in [-0.3, -0.25) is 4.90 Å². The molecule has 3 nitrogen and oxygen atoms in total. The van der Waals surface area contributed by atoms with Crippen LogP contribution in [0.3, 0.4) is 0 Å². The summed E-state index contributed by atoms with van der Waals surface area (Å²) in [6, 6.07) is 5.45. The maximum absolute atomic E-state index is 9.63. The second-order valence-electron chi connectivity index (χ2n) is 4.72. The summed E-state index contributed by atoms with van der Waals surface area (Å²) in [5, 5.41) is 9.63. The highest BCUT2D eigenvalue weighted by Gasteiger charge is 2.10. The Labute approximate surface area is 103 Å². The van der Waals surface area contributed by atoms with Crippen LogP contribution in [0.15, 0.2) is 18.2 Å². The fourth-order valence-corrected chi connectivity index (χ4v) is 2.20. The van der Waals surface area contributed by atoms with Gasteiger partial charge in [0, 0.05) is 6.54 Å². The van der Waals surface area contributed by atoms with Crippen LogP contribution < -0.4 is 4.74 Å². The summed E-state index contributed by atoms with van der Waals surface area (Å²) in [6.45, 7) is 5.97. The summed E-state index contributed by atoms with van der Waals surface area (Å²) in [7, 11) is 0. The first-order valence-electron chi connectivity index (χ1n) is 6.40. The third-order valence-corrected chi connectivity index (χ3v) is 3.23. The van der Waals surface area contributed by atoms with Crippen molar-refractivity contribution >= 4 is 0 Å². The number of piperidine rings is 1. The normalized spacial score (nSPS) is 17.0. The molecule has 94 valence electrons. The molecule has 1 aliphatic rings. The van der Waals surface area contributed by atoms with Gasteiger partial charge in [0.1, 0.15) is 6.61 Å². The molecule has 0 bridgehead atoms. The number of phenols is 1. The second kappa shape index (κ2) is 5.92. The van der Waals surface area contributed by atoms with Crippen molar-refractivity contribution in [1.29, 1.82) is 0 Å². The van der Waals surface area contributed by atoms with Crippen molar-refractivity contribution in [2.45, 2.75) is 26.2 Å². The Balaban J connectivity index is 1.79. The van der Waals surface area contributed by atoms with Gasteiger partial charge in [-0.05, 0) is 50.6 Å². The molecule has 1 aliphatic heterocycles. The lowest BCUT2D eigenvalue weighted by molar-refractivity contribution is 0.181. The lowest BCUT2D eigenvalue weighted by Gasteiger charge is -2.26. The van der Waals surface area contributed by atoms with E-state index < -0.39 is 0 Å². The molecule has 17 heavy (non-hydrogen) atoms. The SMILES string of the molecule is Cc1ccc(O)c(OCCN2CCCCC2)c1. The number of aryl methyl sites for hydroxylation is 1. The molecule has 0 unspecified atom stereocenters. The number of likely N-dealkylation sites (tertiary alicyclic amines) is 1. The van der Waals surface area contributed by atoms with E-state index in [0.717, 1.165) is 12.1 Å². The van der Waals surface area contributed by atoms with Gasteiger partial charge in [-0.1, -0.05) is 12.5 Å². The maximum atomic E-state index is 9.63. The summed E-state index contributed by atoms with van der Waals surface area (Å²) in [6.07, 6.45) is 3.96. The Morgan fingerprint density at radius 1 is 1.24 bits per heavy atom. The number of benzene rings is 1. The Hall–Kier alpha value is -1.22. The van der Waals surface area contributed by atoms with Crippen LogP contribution in [0.25, 0.3) is 0 Å². The predicted octanol–water partition coefficient (Wildman–Crippen LogP) is 2.57. The molecule has 0 radical (unpaired) electrons. The first kappa shape index (κ1) is 12.2. The van der Waals surface area contributed by atoms with E-state index in [0.29, 0.717) is 12.4 Å². The van der Waals surface area contributed by atoms with Gasteiger partial charge < -0.3 is 9.84 Å². The fourth-order valence-electron chi connectivity index (χ4n) is 2.20. The third kappa shape index (κ3) is 3.63. The molecule has 1 saturated heterocycles. The number of ether oxygens (including phenoxy) is 1. The zero-order valence-corrected chi connectivity index (χ0v) is 10.5. The summed E-state index contributed by atoms with van der Waals surface area (Å²) in [5.41, 5.74) is 1.11. The molecule has 0 atom stereocenters. The van der Waals surface area contributed by atoms with Crippen molar-refractivity contribution in [2.75, 3.05) is 26.2 Å². The monoisotopic (exact) mass is 235 g/mol. The van der Waals surface area contributed by atoms with Gasteiger partial charge in [-0.25, -0.2) is 0 Å². The van der Waals surface area contributed by atoms with E-state index in [9.17, 15) is 5.11 Å². The van der Waals surface area contributed by atoms with Crippen molar-refractivity contribution in [2.24, 2.45) is 0 Å². The molecule has 0 aliphatic carbocycles. The van der Waals surface area contributed by atoms with Crippen LogP contribution in [-0.2, 0) is 0 Å². The van der Waals surface area contributed by atoms with Crippen LogP contribution in [0.5, 0.6) is 11.5 Å². The molecule has 1 aromatic carbocycles. The molecule has 0 saturated carbocycles. The topological polar surface area (TPSA) is 32.7 Å². The molecular formula is C14H21NO2. The van der Waals surface area contributed by atoms with E-state index in [-0.39, 0.29) is 5.75 Å². The van der Waals surface area contributed by atoms with E-state index in [2.05, 4.69) is 4.90 Å². The Bertz CT molecular complexity index is 359. The molecule has 0 aromatic heterocycles. The highest BCUT2D eigenvalue weighted by atomic mass is 16.5. The molecule has 1 N–H and O–H groups in total. The van der Waals surface area contributed by atoms with Crippen molar-refractivity contribution < 1.29 is 9.84 Å². The first-order valence-corrected chi connectivity index (χ1v) is 6.40. The average molecular weight is 235 g/mol. The van der Waals surface area contributed by atoms with E-state index in [1.54, 1.807) is 6.07 Å². The minimum atomic E-state index is 0.231.